The van der Waals surface area contributed by atoms with Crippen molar-refractivity contribution in [3.05, 3.63) is 52.6 Å². The summed E-state index contributed by atoms with van der Waals surface area (Å²) in [4.78, 5) is 12.5. The van der Waals surface area contributed by atoms with Gasteiger partial charge in [0.05, 0.1) is 31.4 Å². The fourth-order valence-corrected chi connectivity index (χ4v) is 2.44. The van der Waals surface area contributed by atoms with Crippen LogP contribution in [0.4, 0.5) is 0 Å². The van der Waals surface area contributed by atoms with E-state index in [9.17, 15) is 9.90 Å². The van der Waals surface area contributed by atoms with Gasteiger partial charge >= 0.3 is 0 Å². The predicted molar refractivity (Wildman–Crippen MR) is 97.2 cm³/mol. The Morgan fingerprint density at radius 2 is 1.92 bits per heavy atom. The number of hydrogen-bond acceptors (Lipinski definition) is 5. The second kappa shape index (κ2) is 8.44. The monoisotopic (exact) mass is 362 g/mol. The second-order valence-corrected chi connectivity index (χ2v) is 5.45. The number of methoxy groups -OCH3 is 2. The van der Waals surface area contributed by atoms with E-state index in [1.807, 2.05) is 0 Å². The third kappa shape index (κ3) is 4.45. The standard InChI is InChI=1S/C19H19ClO5/c1-4-25-18-10-12(9-15(20)19(18)22)5-7-16(21)14-11-13(23-2)6-8-17(14)24-3/h5-11,22H,4H2,1-3H3/b7-5+. The normalized spacial score (nSPS) is 10.7. The fourth-order valence-electron chi connectivity index (χ4n) is 2.22. The zero-order valence-electron chi connectivity index (χ0n) is 14.2. The van der Waals surface area contributed by atoms with Gasteiger partial charge in [0.15, 0.2) is 17.3 Å². The van der Waals surface area contributed by atoms with Crippen molar-refractivity contribution < 1.29 is 24.1 Å². The number of carbonyl (C=O) groups excluding carboxylic acids is 1. The molecule has 0 aliphatic rings. The summed E-state index contributed by atoms with van der Waals surface area (Å²) < 4.78 is 15.7. The third-order valence-electron chi connectivity index (χ3n) is 3.45. The average Bonchev–Trinajstić information content (AvgIpc) is 2.63. The Morgan fingerprint density at radius 1 is 1.16 bits per heavy atom. The molecule has 0 fully saturated rings. The molecule has 6 heteroatoms. The molecule has 0 saturated heterocycles. The maximum atomic E-state index is 12.5. The number of phenols is 1. The van der Waals surface area contributed by atoms with Crippen molar-refractivity contribution >= 4 is 23.5 Å². The summed E-state index contributed by atoms with van der Waals surface area (Å²) in [5, 5.41) is 10.0. The Labute approximate surface area is 151 Å². The van der Waals surface area contributed by atoms with Gasteiger partial charge in [0.25, 0.3) is 0 Å². The zero-order valence-corrected chi connectivity index (χ0v) is 15.0. The molecule has 25 heavy (non-hydrogen) atoms. The molecule has 0 radical (unpaired) electrons. The highest BCUT2D eigenvalue weighted by molar-refractivity contribution is 6.32. The number of benzene rings is 2. The highest BCUT2D eigenvalue weighted by Crippen LogP contribution is 2.35. The lowest BCUT2D eigenvalue weighted by molar-refractivity contribution is 0.104. The number of allylic oxidation sites excluding steroid dienone is 1. The SMILES string of the molecule is CCOc1cc(/C=C/C(=O)c2cc(OC)ccc2OC)cc(Cl)c1O. The summed E-state index contributed by atoms with van der Waals surface area (Å²) in [7, 11) is 3.02. The Bertz CT molecular complexity index is 799. The van der Waals surface area contributed by atoms with Gasteiger partial charge < -0.3 is 19.3 Å². The van der Waals surface area contributed by atoms with E-state index in [1.165, 1.54) is 20.3 Å². The molecular weight excluding hydrogens is 344 g/mol. The van der Waals surface area contributed by atoms with Crippen LogP contribution >= 0.6 is 11.6 Å². The number of hydrogen-bond donors (Lipinski definition) is 1. The van der Waals surface area contributed by atoms with Gasteiger partial charge in [-0.15, -0.1) is 0 Å². The second-order valence-electron chi connectivity index (χ2n) is 5.05. The highest BCUT2D eigenvalue weighted by atomic mass is 35.5. The molecule has 132 valence electrons. The molecule has 0 atom stereocenters. The summed E-state index contributed by atoms with van der Waals surface area (Å²) in [6, 6.07) is 8.15. The summed E-state index contributed by atoms with van der Waals surface area (Å²) in [6.45, 7) is 2.19. The lowest BCUT2D eigenvalue weighted by Gasteiger charge is -2.09. The third-order valence-corrected chi connectivity index (χ3v) is 3.74. The van der Waals surface area contributed by atoms with Crippen LogP contribution in [0.1, 0.15) is 22.8 Å². The molecule has 0 heterocycles. The molecule has 0 aliphatic heterocycles. The Morgan fingerprint density at radius 3 is 2.56 bits per heavy atom. The van der Waals surface area contributed by atoms with Crippen LogP contribution in [0.5, 0.6) is 23.0 Å². The Hall–Kier alpha value is -2.66. The Kier molecular flexibility index (Phi) is 6.31. The van der Waals surface area contributed by atoms with Gasteiger partial charge in [-0.05, 0) is 48.9 Å². The Balaban J connectivity index is 2.32. The van der Waals surface area contributed by atoms with Crippen molar-refractivity contribution in [3.63, 3.8) is 0 Å². The minimum absolute atomic E-state index is 0.124. The van der Waals surface area contributed by atoms with Gasteiger partial charge in [-0.3, -0.25) is 4.79 Å². The predicted octanol–water partition coefficient (Wildman–Crippen LogP) is 4.36. The van der Waals surface area contributed by atoms with Crippen molar-refractivity contribution in [2.45, 2.75) is 6.92 Å². The number of rotatable bonds is 7. The molecule has 2 rings (SSSR count). The number of ether oxygens (including phenoxy) is 3. The summed E-state index contributed by atoms with van der Waals surface area (Å²) in [6.07, 6.45) is 2.99. The van der Waals surface area contributed by atoms with Gasteiger partial charge in [0.2, 0.25) is 0 Å². The zero-order chi connectivity index (χ0) is 18.4. The average molecular weight is 363 g/mol. The number of aromatic hydroxyl groups is 1. The van der Waals surface area contributed by atoms with Crippen molar-refractivity contribution in [2.24, 2.45) is 0 Å². The minimum atomic E-state index is -0.252. The first-order valence-electron chi connectivity index (χ1n) is 7.59. The van der Waals surface area contributed by atoms with E-state index in [4.69, 9.17) is 25.8 Å². The number of ketones is 1. The van der Waals surface area contributed by atoms with Crippen molar-refractivity contribution in [2.75, 3.05) is 20.8 Å². The van der Waals surface area contributed by atoms with Crippen molar-refractivity contribution in [1.82, 2.24) is 0 Å². The van der Waals surface area contributed by atoms with Crippen LogP contribution in [0.15, 0.2) is 36.4 Å². The van der Waals surface area contributed by atoms with Gasteiger partial charge in [-0.2, -0.15) is 0 Å². The molecule has 0 aromatic heterocycles. The molecule has 1 N–H and O–H groups in total. The fraction of sp³-hybridized carbons (Fsp3) is 0.211. The summed E-state index contributed by atoms with van der Waals surface area (Å²) in [5.41, 5.74) is 1.01. The van der Waals surface area contributed by atoms with Crippen LogP contribution in [-0.4, -0.2) is 31.7 Å². The van der Waals surface area contributed by atoms with Gasteiger partial charge in [-0.25, -0.2) is 0 Å². The van der Waals surface area contributed by atoms with Crippen LogP contribution in [0.25, 0.3) is 6.08 Å². The van der Waals surface area contributed by atoms with Gasteiger partial charge in [0.1, 0.15) is 11.5 Å². The smallest absolute Gasteiger partial charge is 0.189 e. The molecule has 0 aliphatic carbocycles. The van der Waals surface area contributed by atoms with Crippen LogP contribution in [-0.2, 0) is 0 Å². The van der Waals surface area contributed by atoms with Crippen LogP contribution in [0, 0.1) is 0 Å². The molecule has 0 spiro atoms. The lowest BCUT2D eigenvalue weighted by atomic mass is 10.1. The molecular formula is C19H19ClO5. The van der Waals surface area contributed by atoms with Crippen molar-refractivity contribution in [1.29, 1.82) is 0 Å². The molecule has 0 bridgehead atoms. The maximum absolute atomic E-state index is 12.5. The first-order valence-corrected chi connectivity index (χ1v) is 7.97. The van der Waals surface area contributed by atoms with E-state index in [1.54, 1.807) is 43.3 Å². The number of phenolic OH excluding ortho intramolecular Hbond substituents is 1. The van der Waals surface area contributed by atoms with Crippen LogP contribution in [0.3, 0.4) is 0 Å². The largest absolute Gasteiger partial charge is 0.503 e. The van der Waals surface area contributed by atoms with E-state index < -0.39 is 0 Å². The molecule has 0 saturated carbocycles. The molecule has 5 nitrogen and oxygen atoms in total. The van der Waals surface area contributed by atoms with Gasteiger partial charge in [0, 0.05) is 0 Å². The first-order chi connectivity index (χ1) is 12.0. The van der Waals surface area contributed by atoms with E-state index >= 15 is 0 Å². The van der Waals surface area contributed by atoms with Crippen molar-refractivity contribution in [3.8, 4) is 23.0 Å². The quantitative estimate of drug-likeness (QED) is 0.585. The summed E-state index contributed by atoms with van der Waals surface area (Å²) >= 11 is 5.99. The molecule has 0 unspecified atom stereocenters. The number of carbonyl (C=O) groups is 1. The molecule has 0 amide bonds. The minimum Gasteiger partial charge on any atom is -0.503 e. The lowest BCUT2D eigenvalue weighted by Crippen LogP contribution is -2.00. The van der Waals surface area contributed by atoms with E-state index in [2.05, 4.69) is 0 Å². The topological polar surface area (TPSA) is 65.0 Å². The van der Waals surface area contributed by atoms with Crippen LogP contribution < -0.4 is 14.2 Å². The number of halogens is 1. The molecule has 2 aromatic carbocycles. The van der Waals surface area contributed by atoms with E-state index in [-0.39, 0.29) is 22.3 Å². The highest BCUT2D eigenvalue weighted by Gasteiger charge is 2.12. The molecule has 2 aromatic rings. The van der Waals surface area contributed by atoms with E-state index in [0.29, 0.717) is 29.2 Å². The van der Waals surface area contributed by atoms with Gasteiger partial charge in [-0.1, -0.05) is 17.7 Å². The summed E-state index contributed by atoms with van der Waals surface area (Å²) in [5.74, 6) is 0.901. The van der Waals surface area contributed by atoms with Crippen LogP contribution in [0.2, 0.25) is 5.02 Å². The van der Waals surface area contributed by atoms with E-state index in [0.717, 1.165) is 0 Å². The maximum Gasteiger partial charge on any atom is 0.189 e. The first kappa shape index (κ1) is 18.7.